The highest BCUT2D eigenvalue weighted by Crippen LogP contribution is 2.72. The highest BCUT2D eigenvalue weighted by molar-refractivity contribution is 5.86. The largest absolute Gasteiger partial charge is 0.458 e. The van der Waals surface area contributed by atoms with Crippen LogP contribution in [0.15, 0.2) is 12.2 Å². The Balaban J connectivity index is 2.02. The molecular formula is C26H36O8. The molecule has 1 spiro atoms. The number of rotatable bonds is 3. The molecular weight excluding hydrogens is 440 g/mol. The van der Waals surface area contributed by atoms with Crippen molar-refractivity contribution in [3.8, 4) is 0 Å². The van der Waals surface area contributed by atoms with E-state index in [4.69, 9.17) is 14.2 Å². The van der Waals surface area contributed by atoms with E-state index in [-0.39, 0.29) is 18.1 Å². The number of fused-ring (bicyclic) bond motifs is 3. The minimum atomic E-state index is -1.10. The molecule has 0 unspecified atom stereocenters. The van der Waals surface area contributed by atoms with Crippen LogP contribution in [0.2, 0.25) is 0 Å². The van der Waals surface area contributed by atoms with E-state index in [0.717, 1.165) is 0 Å². The van der Waals surface area contributed by atoms with Gasteiger partial charge in [-0.05, 0) is 41.6 Å². The summed E-state index contributed by atoms with van der Waals surface area (Å²) < 4.78 is 17.7. The second kappa shape index (κ2) is 7.90. The van der Waals surface area contributed by atoms with Crippen molar-refractivity contribution in [2.45, 2.75) is 91.6 Å². The van der Waals surface area contributed by atoms with Crippen molar-refractivity contribution in [2.24, 2.45) is 34.0 Å². The van der Waals surface area contributed by atoms with E-state index in [1.807, 2.05) is 20.8 Å². The maximum Gasteiger partial charge on any atom is 0.303 e. The number of aliphatic hydroxyl groups excluding tert-OH is 1. The number of Topliss-reactive ketones (excluding diaryl/α,β-unsaturated/α-hetero) is 1. The summed E-state index contributed by atoms with van der Waals surface area (Å²) in [7, 11) is 0. The third kappa shape index (κ3) is 3.28. The molecule has 34 heavy (non-hydrogen) atoms. The van der Waals surface area contributed by atoms with Crippen molar-refractivity contribution in [2.75, 3.05) is 0 Å². The predicted molar refractivity (Wildman–Crippen MR) is 120 cm³/mol. The average Bonchev–Trinajstić information content (AvgIpc) is 2.89. The second-order valence-corrected chi connectivity index (χ2v) is 11.6. The molecule has 4 saturated carbocycles. The third-order valence-corrected chi connectivity index (χ3v) is 9.28. The van der Waals surface area contributed by atoms with Crippen LogP contribution in [0.4, 0.5) is 0 Å². The predicted octanol–water partition coefficient (Wildman–Crippen LogP) is 2.75. The summed E-state index contributed by atoms with van der Waals surface area (Å²) in [5, 5.41) is 11.0. The standard InChI is InChI=1S/C26H36O8/c1-12-16-10-17(30)20-25(7)9-8-18(31)24(5,6)21(25)19(32-13(2)27)23(34-15(4)29)26(20,11-16)22(12)33-14(3)28/h16,18-23,31H,1,8-11H2,2-7H3/t16-,18+,19-,20+,21-,22-,23+,25+,26+/m1/s1. The SMILES string of the molecule is C=C1[C@@H]2CC(=O)[C@H]3[C@]4(C)CC[C@H](O)C(C)(C)[C@H]4[C@@H](OC(C)=O)[C@H](OC(C)=O)[C@]3(C2)[C@@H]1OC(C)=O. The minimum Gasteiger partial charge on any atom is -0.458 e. The topological polar surface area (TPSA) is 116 Å². The Hall–Kier alpha value is -2.22. The van der Waals surface area contributed by atoms with E-state index in [1.165, 1.54) is 20.8 Å². The van der Waals surface area contributed by atoms with Crippen LogP contribution in [0.5, 0.6) is 0 Å². The van der Waals surface area contributed by atoms with Gasteiger partial charge in [0.25, 0.3) is 0 Å². The lowest BCUT2D eigenvalue weighted by molar-refractivity contribution is -0.281. The third-order valence-electron chi connectivity index (χ3n) is 9.28. The molecule has 0 amide bonds. The van der Waals surface area contributed by atoms with Crippen LogP contribution in [-0.2, 0) is 33.4 Å². The van der Waals surface area contributed by atoms with Crippen LogP contribution < -0.4 is 0 Å². The Bertz CT molecular complexity index is 952. The molecule has 188 valence electrons. The monoisotopic (exact) mass is 476 g/mol. The van der Waals surface area contributed by atoms with Crippen molar-refractivity contribution >= 4 is 23.7 Å². The zero-order valence-electron chi connectivity index (χ0n) is 20.9. The summed E-state index contributed by atoms with van der Waals surface area (Å²) in [6.07, 6.45) is -1.77. The van der Waals surface area contributed by atoms with E-state index >= 15 is 0 Å². The minimum absolute atomic E-state index is 0.0187. The Kier molecular flexibility index (Phi) is 5.78. The molecule has 1 N–H and O–H groups in total. The lowest BCUT2D eigenvalue weighted by Gasteiger charge is -2.67. The van der Waals surface area contributed by atoms with Gasteiger partial charge < -0.3 is 19.3 Å². The first-order valence-electron chi connectivity index (χ1n) is 12.1. The van der Waals surface area contributed by atoms with E-state index in [0.29, 0.717) is 24.8 Å². The molecule has 0 heterocycles. The highest BCUT2D eigenvalue weighted by atomic mass is 16.6. The molecule has 0 aromatic carbocycles. The number of ether oxygens (including phenoxy) is 3. The molecule has 0 radical (unpaired) electrons. The molecule has 9 atom stereocenters. The van der Waals surface area contributed by atoms with Crippen LogP contribution >= 0.6 is 0 Å². The van der Waals surface area contributed by atoms with Crippen LogP contribution in [0.3, 0.4) is 0 Å². The van der Waals surface area contributed by atoms with Gasteiger partial charge in [-0.2, -0.15) is 0 Å². The van der Waals surface area contributed by atoms with Crippen molar-refractivity contribution in [3.05, 3.63) is 12.2 Å². The molecule has 8 heteroatoms. The van der Waals surface area contributed by atoms with Crippen LogP contribution in [0.25, 0.3) is 0 Å². The molecule has 0 aromatic heterocycles. The number of hydrogen-bond acceptors (Lipinski definition) is 8. The zero-order chi connectivity index (χ0) is 25.4. The molecule has 4 rings (SSSR count). The summed E-state index contributed by atoms with van der Waals surface area (Å²) in [6.45, 7) is 13.9. The molecule has 0 aliphatic heterocycles. The maximum absolute atomic E-state index is 13.9. The van der Waals surface area contributed by atoms with E-state index in [9.17, 15) is 24.3 Å². The van der Waals surface area contributed by atoms with Crippen molar-refractivity contribution < 1.29 is 38.5 Å². The number of esters is 3. The van der Waals surface area contributed by atoms with Gasteiger partial charge in [-0.3, -0.25) is 19.2 Å². The van der Waals surface area contributed by atoms with Gasteiger partial charge in [0.15, 0.2) is 0 Å². The summed E-state index contributed by atoms with van der Waals surface area (Å²) in [6, 6.07) is 0. The van der Waals surface area contributed by atoms with Gasteiger partial charge in [0.1, 0.15) is 24.1 Å². The fourth-order valence-electron chi connectivity index (χ4n) is 8.43. The summed E-state index contributed by atoms with van der Waals surface area (Å²) >= 11 is 0. The fraction of sp³-hybridized carbons (Fsp3) is 0.769. The lowest BCUT2D eigenvalue weighted by Crippen LogP contribution is -2.74. The first-order valence-corrected chi connectivity index (χ1v) is 12.1. The molecule has 0 saturated heterocycles. The summed E-state index contributed by atoms with van der Waals surface area (Å²) in [5.41, 5.74) is -1.89. The Morgan fingerprint density at radius 3 is 2.15 bits per heavy atom. The van der Waals surface area contributed by atoms with Gasteiger partial charge in [-0.1, -0.05) is 27.4 Å². The molecule has 8 nitrogen and oxygen atoms in total. The van der Waals surface area contributed by atoms with Gasteiger partial charge in [0.05, 0.1) is 11.5 Å². The van der Waals surface area contributed by atoms with Crippen molar-refractivity contribution in [1.29, 1.82) is 0 Å². The van der Waals surface area contributed by atoms with Crippen molar-refractivity contribution in [1.82, 2.24) is 0 Å². The summed E-state index contributed by atoms with van der Waals surface area (Å²) in [4.78, 5) is 50.9. The second-order valence-electron chi connectivity index (χ2n) is 11.6. The summed E-state index contributed by atoms with van der Waals surface area (Å²) in [5.74, 6) is -2.93. The normalized spacial score (nSPS) is 44.5. The Morgan fingerprint density at radius 2 is 1.59 bits per heavy atom. The van der Waals surface area contributed by atoms with Gasteiger partial charge in [0, 0.05) is 39.0 Å². The first kappa shape index (κ1) is 24.9. The maximum atomic E-state index is 13.9. The van der Waals surface area contributed by atoms with E-state index in [1.54, 1.807) is 0 Å². The lowest BCUT2D eigenvalue weighted by atomic mass is 9.38. The van der Waals surface area contributed by atoms with Crippen LogP contribution in [0, 0.1) is 34.0 Å². The van der Waals surface area contributed by atoms with Crippen LogP contribution in [0.1, 0.15) is 67.2 Å². The number of ketones is 1. The quantitative estimate of drug-likeness (QED) is 0.376. The van der Waals surface area contributed by atoms with E-state index < -0.39 is 70.4 Å². The van der Waals surface area contributed by atoms with Crippen LogP contribution in [-0.4, -0.2) is 53.2 Å². The number of carbonyl (C=O) groups is 4. The molecule has 4 aliphatic carbocycles. The van der Waals surface area contributed by atoms with Gasteiger partial charge in [0.2, 0.25) is 0 Å². The first-order chi connectivity index (χ1) is 15.7. The average molecular weight is 477 g/mol. The smallest absolute Gasteiger partial charge is 0.303 e. The molecule has 2 bridgehead atoms. The fourth-order valence-corrected chi connectivity index (χ4v) is 8.43. The molecule has 4 fully saturated rings. The molecule has 0 aromatic rings. The zero-order valence-corrected chi connectivity index (χ0v) is 20.9. The van der Waals surface area contributed by atoms with Gasteiger partial charge in [-0.25, -0.2) is 0 Å². The molecule has 4 aliphatic rings. The number of aliphatic hydroxyl groups is 1. The van der Waals surface area contributed by atoms with Gasteiger partial charge in [-0.15, -0.1) is 0 Å². The van der Waals surface area contributed by atoms with Crippen molar-refractivity contribution in [3.63, 3.8) is 0 Å². The Labute approximate surface area is 200 Å². The number of carbonyl (C=O) groups excluding carboxylic acids is 4. The van der Waals surface area contributed by atoms with E-state index in [2.05, 4.69) is 6.58 Å². The Morgan fingerprint density at radius 1 is 1.00 bits per heavy atom. The highest BCUT2D eigenvalue weighted by Gasteiger charge is 2.78. The number of hydrogen-bond donors (Lipinski definition) is 1. The van der Waals surface area contributed by atoms with Gasteiger partial charge >= 0.3 is 17.9 Å².